The summed E-state index contributed by atoms with van der Waals surface area (Å²) >= 11 is 0. The molecule has 0 aromatic carbocycles. The van der Waals surface area contributed by atoms with Gasteiger partial charge >= 0.3 is 0 Å². The molecule has 0 aromatic heterocycles. The van der Waals surface area contributed by atoms with Crippen molar-refractivity contribution in [1.29, 1.82) is 0 Å². The van der Waals surface area contributed by atoms with Crippen molar-refractivity contribution in [3.63, 3.8) is 0 Å². The van der Waals surface area contributed by atoms with Crippen molar-refractivity contribution in [2.75, 3.05) is 6.54 Å². The van der Waals surface area contributed by atoms with Gasteiger partial charge in [-0.3, -0.25) is 0 Å². The van der Waals surface area contributed by atoms with Crippen LogP contribution in [0.5, 0.6) is 0 Å². The zero-order chi connectivity index (χ0) is 21.3. The summed E-state index contributed by atoms with van der Waals surface area (Å²) in [7, 11) is 0. The highest BCUT2D eigenvalue weighted by molar-refractivity contribution is 4.62. The summed E-state index contributed by atoms with van der Waals surface area (Å²) in [5.41, 5.74) is 5.56. The fraction of sp³-hybridized carbons (Fsp3) is 1.00. The molecule has 1 heteroatoms. The van der Waals surface area contributed by atoms with E-state index in [0.29, 0.717) is 0 Å². The Bertz CT molecular complexity index is 259. The molecule has 176 valence electrons. The lowest BCUT2D eigenvalue weighted by atomic mass is 9.89. The molecule has 0 bridgehead atoms. The standard InChI is InChI=1S/C28H59N/c1-3-5-7-9-16-20-24-28(25-21-17-10-8-6-4-2)26-22-18-14-12-11-13-15-19-23-27-29/h28H,3-27,29H2,1-2H3. The lowest BCUT2D eigenvalue weighted by molar-refractivity contribution is 0.365. The summed E-state index contributed by atoms with van der Waals surface area (Å²) < 4.78 is 0. The van der Waals surface area contributed by atoms with Crippen molar-refractivity contribution in [2.24, 2.45) is 11.7 Å². The highest BCUT2D eigenvalue weighted by Crippen LogP contribution is 2.24. The molecule has 0 aromatic rings. The lowest BCUT2D eigenvalue weighted by Crippen LogP contribution is -2.01. The molecular weight excluding hydrogens is 350 g/mol. The van der Waals surface area contributed by atoms with E-state index in [4.69, 9.17) is 5.73 Å². The molecular formula is C28H59N. The average Bonchev–Trinajstić information content (AvgIpc) is 2.73. The monoisotopic (exact) mass is 409 g/mol. The summed E-state index contributed by atoms with van der Waals surface area (Å²) in [4.78, 5) is 0. The Balaban J connectivity index is 3.74. The first kappa shape index (κ1) is 29.0. The van der Waals surface area contributed by atoms with Gasteiger partial charge in [0.2, 0.25) is 0 Å². The molecule has 0 heterocycles. The van der Waals surface area contributed by atoms with Gasteiger partial charge < -0.3 is 5.73 Å². The highest BCUT2D eigenvalue weighted by atomic mass is 14.5. The van der Waals surface area contributed by atoms with Crippen LogP contribution in [0.4, 0.5) is 0 Å². The average molecular weight is 410 g/mol. The van der Waals surface area contributed by atoms with Crippen molar-refractivity contribution in [2.45, 2.75) is 168 Å². The van der Waals surface area contributed by atoms with E-state index in [1.165, 1.54) is 154 Å². The maximum Gasteiger partial charge on any atom is -0.00773 e. The van der Waals surface area contributed by atoms with Crippen LogP contribution in [-0.4, -0.2) is 6.54 Å². The van der Waals surface area contributed by atoms with Crippen molar-refractivity contribution < 1.29 is 0 Å². The minimum atomic E-state index is 0.874. The molecule has 0 aliphatic heterocycles. The third-order valence-corrected chi connectivity index (χ3v) is 6.75. The van der Waals surface area contributed by atoms with Gasteiger partial charge in [0.25, 0.3) is 0 Å². The Hall–Kier alpha value is -0.0400. The number of unbranched alkanes of at least 4 members (excludes halogenated alkanes) is 18. The van der Waals surface area contributed by atoms with Crippen LogP contribution in [0, 0.1) is 5.92 Å². The van der Waals surface area contributed by atoms with Gasteiger partial charge in [-0.1, -0.05) is 162 Å². The minimum absolute atomic E-state index is 0.874. The first-order valence-electron chi connectivity index (χ1n) is 14.0. The second-order valence-corrected chi connectivity index (χ2v) is 9.74. The summed E-state index contributed by atoms with van der Waals surface area (Å²) in [5, 5.41) is 0. The van der Waals surface area contributed by atoms with Crippen LogP contribution in [0.15, 0.2) is 0 Å². The molecule has 0 aliphatic carbocycles. The van der Waals surface area contributed by atoms with Crippen molar-refractivity contribution in [3.05, 3.63) is 0 Å². The van der Waals surface area contributed by atoms with Crippen LogP contribution in [-0.2, 0) is 0 Å². The molecule has 0 rings (SSSR count). The van der Waals surface area contributed by atoms with Crippen molar-refractivity contribution in [3.8, 4) is 0 Å². The molecule has 0 radical (unpaired) electrons. The fourth-order valence-corrected chi connectivity index (χ4v) is 4.67. The van der Waals surface area contributed by atoms with E-state index >= 15 is 0 Å². The molecule has 29 heavy (non-hydrogen) atoms. The van der Waals surface area contributed by atoms with Gasteiger partial charge in [0.05, 0.1) is 0 Å². The number of hydrogen-bond donors (Lipinski definition) is 1. The Labute approximate surface area is 186 Å². The summed E-state index contributed by atoms with van der Waals surface area (Å²) in [6.45, 7) is 5.51. The topological polar surface area (TPSA) is 26.0 Å². The van der Waals surface area contributed by atoms with Crippen molar-refractivity contribution >= 4 is 0 Å². The second kappa shape index (κ2) is 26.0. The maximum absolute atomic E-state index is 5.56. The predicted molar refractivity (Wildman–Crippen MR) is 135 cm³/mol. The summed E-state index contributed by atoms with van der Waals surface area (Å²) in [6.07, 6.45) is 34.7. The van der Waals surface area contributed by atoms with Crippen LogP contribution >= 0.6 is 0 Å². The SMILES string of the molecule is CCCCCCCCC(CCCCCCCC)CCCCCCCCCCCN. The maximum atomic E-state index is 5.56. The molecule has 0 atom stereocenters. The lowest BCUT2D eigenvalue weighted by Gasteiger charge is -2.17. The molecule has 0 unspecified atom stereocenters. The zero-order valence-corrected chi connectivity index (χ0v) is 20.8. The third-order valence-electron chi connectivity index (χ3n) is 6.75. The normalized spacial score (nSPS) is 11.6. The molecule has 0 fully saturated rings. The van der Waals surface area contributed by atoms with Gasteiger partial charge in [0.15, 0.2) is 0 Å². The molecule has 0 spiro atoms. The molecule has 0 saturated carbocycles. The van der Waals surface area contributed by atoms with E-state index in [9.17, 15) is 0 Å². The number of hydrogen-bond acceptors (Lipinski definition) is 1. The van der Waals surface area contributed by atoms with E-state index in [-0.39, 0.29) is 0 Å². The molecule has 1 nitrogen and oxygen atoms in total. The number of rotatable bonds is 25. The van der Waals surface area contributed by atoms with Crippen LogP contribution in [0.2, 0.25) is 0 Å². The highest BCUT2D eigenvalue weighted by Gasteiger charge is 2.08. The largest absolute Gasteiger partial charge is 0.330 e. The first-order chi connectivity index (χ1) is 14.3. The van der Waals surface area contributed by atoms with E-state index in [2.05, 4.69) is 13.8 Å². The predicted octanol–water partition coefficient (Wildman–Crippen LogP) is 9.96. The van der Waals surface area contributed by atoms with Crippen LogP contribution in [0.1, 0.15) is 168 Å². The molecule has 2 N–H and O–H groups in total. The smallest absolute Gasteiger partial charge is 0.00773 e. The summed E-state index contributed by atoms with van der Waals surface area (Å²) in [6, 6.07) is 0. The van der Waals surface area contributed by atoms with Gasteiger partial charge in [0, 0.05) is 0 Å². The zero-order valence-electron chi connectivity index (χ0n) is 20.8. The van der Waals surface area contributed by atoms with Gasteiger partial charge in [-0.15, -0.1) is 0 Å². The summed E-state index contributed by atoms with van der Waals surface area (Å²) in [5.74, 6) is 1.03. The Morgan fingerprint density at radius 2 is 0.655 bits per heavy atom. The van der Waals surface area contributed by atoms with Crippen LogP contribution < -0.4 is 5.73 Å². The number of nitrogens with two attached hydrogens (primary N) is 1. The van der Waals surface area contributed by atoms with Gasteiger partial charge in [0.1, 0.15) is 0 Å². The van der Waals surface area contributed by atoms with E-state index in [1.54, 1.807) is 0 Å². The van der Waals surface area contributed by atoms with Crippen molar-refractivity contribution in [1.82, 2.24) is 0 Å². The fourth-order valence-electron chi connectivity index (χ4n) is 4.67. The first-order valence-corrected chi connectivity index (χ1v) is 14.0. The van der Waals surface area contributed by atoms with E-state index in [0.717, 1.165) is 12.5 Å². The Morgan fingerprint density at radius 1 is 0.379 bits per heavy atom. The Kier molecular flexibility index (Phi) is 26.0. The van der Waals surface area contributed by atoms with Crippen LogP contribution in [0.25, 0.3) is 0 Å². The Morgan fingerprint density at radius 3 is 0.966 bits per heavy atom. The second-order valence-electron chi connectivity index (χ2n) is 9.74. The quantitative estimate of drug-likeness (QED) is 0.149. The van der Waals surface area contributed by atoms with Gasteiger partial charge in [-0.2, -0.15) is 0 Å². The van der Waals surface area contributed by atoms with E-state index < -0.39 is 0 Å². The third kappa shape index (κ3) is 24.1. The minimum Gasteiger partial charge on any atom is -0.330 e. The molecule has 0 saturated heterocycles. The van der Waals surface area contributed by atoms with Gasteiger partial charge in [-0.25, -0.2) is 0 Å². The van der Waals surface area contributed by atoms with Gasteiger partial charge in [-0.05, 0) is 18.9 Å². The van der Waals surface area contributed by atoms with E-state index in [1.807, 2.05) is 0 Å². The van der Waals surface area contributed by atoms with Crippen LogP contribution in [0.3, 0.4) is 0 Å². The molecule has 0 amide bonds. The molecule has 0 aliphatic rings.